The fourth-order valence-electron chi connectivity index (χ4n) is 1.68. The second kappa shape index (κ2) is 5.76. The maximum absolute atomic E-state index is 12.0. The lowest BCUT2D eigenvalue weighted by molar-refractivity contribution is 0.0911. The summed E-state index contributed by atoms with van der Waals surface area (Å²) in [6.07, 6.45) is -0.689. The van der Waals surface area contributed by atoms with E-state index >= 15 is 0 Å². The van der Waals surface area contributed by atoms with Gasteiger partial charge in [-0.05, 0) is 28.5 Å². The molecule has 2 aromatic heterocycles. The lowest BCUT2D eigenvalue weighted by Crippen LogP contribution is -2.28. The lowest BCUT2D eigenvalue weighted by atomic mass is 9.92. The number of carbonyl (C=O) groups is 1. The van der Waals surface area contributed by atoms with Crippen LogP contribution in [0.2, 0.25) is 0 Å². The van der Waals surface area contributed by atoms with E-state index in [9.17, 15) is 9.90 Å². The molecule has 2 rings (SSSR count). The average molecular weight is 293 g/mol. The van der Waals surface area contributed by atoms with E-state index in [2.05, 4.69) is 15.5 Å². The summed E-state index contributed by atoms with van der Waals surface area (Å²) in [5.41, 5.74) is 1.98. The van der Waals surface area contributed by atoms with Gasteiger partial charge in [0.1, 0.15) is 5.69 Å². The summed E-state index contributed by atoms with van der Waals surface area (Å²) >= 11 is 1.51. The number of aromatic amines is 1. The number of hydrogen-bond acceptors (Lipinski definition) is 4. The Hall–Kier alpha value is -1.66. The van der Waals surface area contributed by atoms with Gasteiger partial charge in [-0.2, -0.15) is 16.4 Å². The molecule has 0 aliphatic rings. The van der Waals surface area contributed by atoms with Crippen molar-refractivity contribution in [2.45, 2.75) is 32.3 Å². The number of amides is 1. The van der Waals surface area contributed by atoms with Crippen molar-refractivity contribution in [2.24, 2.45) is 0 Å². The number of rotatable bonds is 4. The zero-order valence-corrected chi connectivity index (χ0v) is 12.6. The number of hydrogen-bond donors (Lipinski definition) is 3. The van der Waals surface area contributed by atoms with Crippen LogP contribution in [-0.4, -0.2) is 27.8 Å². The van der Waals surface area contributed by atoms with Gasteiger partial charge in [0.05, 0.1) is 6.10 Å². The van der Waals surface area contributed by atoms with Crippen molar-refractivity contribution in [3.05, 3.63) is 39.8 Å². The van der Waals surface area contributed by atoms with Gasteiger partial charge in [-0.15, -0.1) is 0 Å². The summed E-state index contributed by atoms with van der Waals surface area (Å²) in [6.45, 7) is 6.31. The first-order chi connectivity index (χ1) is 9.38. The van der Waals surface area contributed by atoms with Gasteiger partial charge in [-0.3, -0.25) is 9.89 Å². The number of aliphatic hydroxyl groups excluding tert-OH is 1. The zero-order chi connectivity index (χ0) is 14.8. The molecule has 5 nitrogen and oxygen atoms in total. The summed E-state index contributed by atoms with van der Waals surface area (Å²) in [5, 5.41) is 23.2. The molecule has 6 heteroatoms. The van der Waals surface area contributed by atoms with Crippen LogP contribution < -0.4 is 5.32 Å². The summed E-state index contributed by atoms with van der Waals surface area (Å²) in [7, 11) is 0. The number of nitrogens with zero attached hydrogens (tertiary/aromatic N) is 1. The molecule has 2 aromatic rings. The lowest BCUT2D eigenvalue weighted by Gasteiger charge is -2.14. The summed E-state index contributed by atoms with van der Waals surface area (Å²) in [4.78, 5) is 12.0. The highest BCUT2D eigenvalue weighted by molar-refractivity contribution is 7.07. The third-order valence-corrected chi connectivity index (χ3v) is 3.70. The molecule has 0 unspecified atom stereocenters. The minimum Gasteiger partial charge on any atom is -0.387 e. The molecule has 1 amide bonds. The summed E-state index contributed by atoms with van der Waals surface area (Å²) in [6, 6.07) is 3.58. The quantitative estimate of drug-likeness (QED) is 0.809. The van der Waals surface area contributed by atoms with Crippen LogP contribution in [0.3, 0.4) is 0 Å². The van der Waals surface area contributed by atoms with Gasteiger partial charge in [0.2, 0.25) is 0 Å². The van der Waals surface area contributed by atoms with Crippen LogP contribution in [0.5, 0.6) is 0 Å². The van der Waals surface area contributed by atoms with E-state index in [1.54, 1.807) is 6.07 Å². The van der Waals surface area contributed by atoms with Gasteiger partial charge < -0.3 is 10.4 Å². The van der Waals surface area contributed by atoms with Gasteiger partial charge in [0.25, 0.3) is 5.91 Å². The normalized spacial score (nSPS) is 13.2. The van der Waals surface area contributed by atoms with E-state index in [0.717, 1.165) is 11.3 Å². The molecule has 0 radical (unpaired) electrons. The van der Waals surface area contributed by atoms with Crippen molar-refractivity contribution >= 4 is 17.2 Å². The smallest absolute Gasteiger partial charge is 0.271 e. The highest BCUT2D eigenvalue weighted by Gasteiger charge is 2.19. The van der Waals surface area contributed by atoms with Crippen LogP contribution >= 0.6 is 11.3 Å². The number of thiophene rings is 1. The first-order valence-corrected chi connectivity index (χ1v) is 7.36. The topological polar surface area (TPSA) is 78.0 Å². The Bertz CT molecular complexity index is 570. The molecule has 0 saturated carbocycles. The van der Waals surface area contributed by atoms with E-state index in [4.69, 9.17) is 0 Å². The number of nitrogens with one attached hydrogen (secondary N) is 2. The van der Waals surface area contributed by atoms with Gasteiger partial charge in [0.15, 0.2) is 0 Å². The molecule has 0 aliphatic carbocycles. The van der Waals surface area contributed by atoms with Gasteiger partial charge in [0, 0.05) is 17.7 Å². The Balaban J connectivity index is 1.94. The van der Waals surface area contributed by atoms with Crippen molar-refractivity contribution < 1.29 is 9.90 Å². The van der Waals surface area contributed by atoms with Gasteiger partial charge >= 0.3 is 0 Å². The molecule has 2 heterocycles. The number of carbonyl (C=O) groups excluding carboxylic acids is 1. The van der Waals surface area contributed by atoms with Crippen LogP contribution in [-0.2, 0) is 5.41 Å². The molecule has 0 bridgehead atoms. The Morgan fingerprint density at radius 2 is 2.30 bits per heavy atom. The molecule has 20 heavy (non-hydrogen) atoms. The summed E-state index contributed by atoms with van der Waals surface area (Å²) < 4.78 is 0. The van der Waals surface area contributed by atoms with Crippen LogP contribution in [0.15, 0.2) is 22.9 Å². The first kappa shape index (κ1) is 14.7. The standard InChI is InChI=1S/C14H19N3O2S/c1-14(2,3)12-6-10(16-17-12)13(19)15-7-11(18)9-4-5-20-8-9/h4-6,8,11,18H,7H2,1-3H3,(H,15,19)(H,16,17)/t11-/m1/s1. The molecule has 3 N–H and O–H groups in total. The minimum atomic E-state index is -0.689. The monoisotopic (exact) mass is 293 g/mol. The van der Waals surface area contributed by atoms with E-state index in [1.165, 1.54) is 11.3 Å². The van der Waals surface area contributed by atoms with Crippen LogP contribution in [0.4, 0.5) is 0 Å². The Kier molecular flexibility index (Phi) is 4.25. The Morgan fingerprint density at radius 1 is 1.55 bits per heavy atom. The van der Waals surface area contributed by atoms with Gasteiger partial charge in [-0.1, -0.05) is 20.8 Å². The predicted molar refractivity (Wildman–Crippen MR) is 78.9 cm³/mol. The molecule has 0 spiro atoms. The maximum atomic E-state index is 12.0. The predicted octanol–water partition coefficient (Wildman–Crippen LogP) is 2.23. The number of H-pyrrole nitrogens is 1. The fourth-order valence-corrected chi connectivity index (χ4v) is 2.39. The maximum Gasteiger partial charge on any atom is 0.271 e. The molecule has 0 saturated heterocycles. The van der Waals surface area contributed by atoms with Crippen LogP contribution in [0, 0.1) is 0 Å². The number of aromatic nitrogens is 2. The second-order valence-corrected chi connectivity index (χ2v) is 6.48. The van der Waals surface area contributed by atoms with Crippen LogP contribution in [0.1, 0.15) is 48.6 Å². The van der Waals surface area contributed by atoms with Crippen molar-refractivity contribution in [1.29, 1.82) is 0 Å². The second-order valence-electron chi connectivity index (χ2n) is 5.70. The van der Waals surface area contributed by atoms with Crippen molar-refractivity contribution in [3.8, 4) is 0 Å². The van der Waals surface area contributed by atoms with E-state index < -0.39 is 6.10 Å². The third-order valence-electron chi connectivity index (χ3n) is 3.00. The molecule has 108 valence electrons. The van der Waals surface area contributed by atoms with Crippen molar-refractivity contribution in [2.75, 3.05) is 6.54 Å². The molecule has 0 aliphatic heterocycles. The largest absolute Gasteiger partial charge is 0.387 e. The van der Waals surface area contributed by atoms with Crippen LogP contribution in [0.25, 0.3) is 0 Å². The van der Waals surface area contributed by atoms with Crippen molar-refractivity contribution in [3.63, 3.8) is 0 Å². The van der Waals surface area contributed by atoms with E-state index in [-0.39, 0.29) is 17.9 Å². The summed E-state index contributed by atoms with van der Waals surface area (Å²) in [5.74, 6) is -0.286. The van der Waals surface area contributed by atoms with Gasteiger partial charge in [-0.25, -0.2) is 0 Å². The fraction of sp³-hybridized carbons (Fsp3) is 0.429. The zero-order valence-electron chi connectivity index (χ0n) is 11.8. The minimum absolute atomic E-state index is 0.0816. The Labute approximate surface area is 122 Å². The Morgan fingerprint density at radius 3 is 2.85 bits per heavy atom. The first-order valence-electron chi connectivity index (χ1n) is 6.42. The SMILES string of the molecule is CC(C)(C)c1cc(C(=O)NC[C@@H](O)c2ccsc2)n[nH]1. The highest BCUT2D eigenvalue weighted by Crippen LogP contribution is 2.20. The molecular weight excluding hydrogens is 274 g/mol. The average Bonchev–Trinajstić information content (AvgIpc) is 3.04. The van der Waals surface area contributed by atoms with E-state index in [0.29, 0.717) is 5.69 Å². The third kappa shape index (κ3) is 3.46. The van der Waals surface area contributed by atoms with Crippen molar-refractivity contribution in [1.82, 2.24) is 15.5 Å². The highest BCUT2D eigenvalue weighted by atomic mass is 32.1. The molecule has 0 fully saturated rings. The molecule has 0 aromatic carbocycles. The van der Waals surface area contributed by atoms with E-state index in [1.807, 2.05) is 37.6 Å². The molecule has 1 atom stereocenters. The molecular formula is C14H19N3O2S. The number of aliphatic hydroxyl groups is 1.